The average molecular weight is 1440 g/mol. The van der Waals surface area contributed by atoms with Crippen molar-refractivity contribution in [2.75, 3.05) is 7.11 Å². The molecule has 0 spiro atoms. The van der Waals surface area contributed by atoms with Crippen molar-refractivity contribution >= 4 is 35.4 Å². The van der Waals surface area contributed by atoms with Gasteiger partial charge in [-0.25, -0.2) is 9.59 Å². The standard InChI is InChI=1S/C80H133N3O19/c1-44(2)38-59(81-65(87)36-37-79(17,18)74(94)56(15)68(88)45(3)4)75(95)80(19,20)43-52(11)70(90)48(7)33-32-47(6)53(12)76(96)83-66(57(16)84)72(92)55(14)61-35-34-49(8)69(89)50(9)41-51(10)71(91)54(13)60(85)42-58-39-46(5)40-63(101-58)62(100-21)30-28-26-24-22-23-25-27-29-31-64(86)82-67(78(99)102-61)73(93)77(97)98/h24-31,34,36-37,41,43-48,50,53-63,66-73,75,84-85,88-93,95H,22-23,32-33,35,38-40,42H2,1-21H3,(H,81,87)(H,82,86)(H,83,96)(H,97,98)/b26-24+,27-25+,30-28+,31-29+,37-36+,49-34+,51-41+,52-43+/t46-,47?,48?,50?,53?,54?,55?,56?,57?,58-,59?,60?,61?,62?,63-,66?,67?,68?,69?,70?,71?,72?,73?,75?/m0/s1. The van der Waals surface area contributed by atoms with E-state index in [0.717, 1.165) is 12.5 Å². The Morgan fingerprint density at radius 1 is 0.765 bits per heavy atom. The Kier molecular flexibility index (Phi) is 39.8. The lowest BCUT2D eigenvalue weighted by Crippen LogP contribution is -2.56. The van der Waals surface area contributed by atoms with E-state index >= 15 is 0 Å². The quantitative estimate of drug-likeness (QED) is 0.0208. The summed E-state index contributed by atoms with van der Waals surface area (Å²) in [6.07, 6.45) is 11.0. The van der Waals surface area contributed by atoms with Crippen LogP contribution in [0.4, 0.5) is 0 Å². The lowest BCUT2D eigenvalue weighted by atomic mass is 9.77. The number of carbonyl (C=O) groups is 6. The van der Waals surface area contributed by atoms with Gasteiger partial charge in [0.1, 0.15) is 18.0 Å². The molecule has 13 N–H and O–H groups in total. The number of cyclic esters (lactones) is 1. The Labute approximate surface area is 609 Å². The van der Waals surface area contributed by atoms with Gasteiger partial charge in [-0.15, -0.1) is 0 Å². The van der Waals surface area contributed by atoms with Crippen molar-refractivity contribution in [3.63, 3.8) is 0 Å². The van der Waals surface area contributed by atoms with E-state index in [-0.39, 0.29) is 66.5 Å². The molecule has 2 heterocycles. The first-order valence-electron chi connectivity index (χ1n) is 36.9. The van der Waals surface area contributed by atoms with Crippen LogP contribution in [0.3, 0.4) is 0 Å². The normalized spacial score (nSPS) is 30.4. The molecule has 0 aromatic rings. The Morgan fingerprint density at radius 2 is 1.36 bits per heavy atom. The summed E-state index contributed by atoms with van der Waals surface area (Å²) < 4.78 is 18.3. The number of methoxy groups -OCH3 is 1. The first kappa shape index (κ1) is 92.6. The maximum atomic E-state index is 14.2. The van der Waals surface area contributed by atoms with Gasteiger partial charge >= 0.3 is 11.9 Å². The molecule has 3 amide bonds. The summed E-state index contributed by atoms with van der Waals surface area (Å²) in [6.45, 7) is 35.2. The molecule has 2 rings (SSSR count). The van der Waals surface area contributed by atoms with Crippen LogP contribution in [0, 0.1) is 70.0 Å². The van der Waals surface area contributed by atoms with Crippen LogP contribution in [0.1, 0.15) is 196 Å². The minimum atomic E-state index is -2.51. The molecule has 582 valence electrons. The van der Waals surface area contributed by atoms with Crippen LogP contribution >= 0.6 is 0 Å². The van der Waals surface area contributed by atoms with Crippen LogP contribution in [0.2, 0.25) is 0 Å². The van der Waals surface area contributed by atoms with Crippen LogP contribution in [-0.2, 0) is 43.0 Å². The molecule has 1 fully saturated rings. The van der Waals surface area contributed by atoms with E-state index in [1.54, 1.807) is 93.7 Å². The summed E-state index contributed by atoms with van der Waals surface area (Å²) in [5, 5.41) is 121. The summed E-state index contributed by atoms with van der Waals surface area (Å²) in [6, 6.07) is -4.29. The van der Waals surface area contributed by atoms with Gasteiger partial charge in [0, 0.05) is 60.0 Å². The van der Waals surface area contributed by atoms with E-state index < -0.39 is 149 Å². The number of hydrogen-bond donors (Lipinski definition) is 13. The number of ketones is 1. The number of aliphatic hydroxyl groups excluding tert-OH is 9. The number of nitrogens with one attached hydrogen (secondary N) is 3. The van der Waals surface area contributed by atoms with Gasteiger partial charge < -0.3 is 81.2 Å². The van der Waals surface area contributed by atoms with Crippen LogP contribution in [0.25, 0.3) is 0 Å². The molecule has 0 radical (unpaired) electrons. The van der Waals surface area contributed by atoms with E-state index in [1.807, 2.05) is 79.7 Å². The van der Waals surface area contributed by atoms with Gasteiger partial charge in [0.2, 0.25) is 17.7 Å². The summed E-state index contributed by atoms with van der Waals surface area (Å²) in [4.78, 5) is 80.8. The highest BCUT2D eigenvalue weighted by Crippen LogP contribution is 2.35. The Balaban J connectivity index is 2.47. The molecule has 102 heavy (non-hydrogen) atoms. The molecule has 2 bridgehead atoms. The highest BCUT2D eigenvalue weighted by Gasteiger charge is 2.43. The first-order chi connectivity index (χ1) is 47.3. The number of amides is 3. The number of allylic oxidation sites excluding steroid dienone is 7. The van der Waals surface area contributed by atoms with Crippen molar-refractivity contribution in [3.05, 3.63) is 95.7 Å². The van der Waals surface area contributed by atoms with Crippen molar-refractivity contribution < 1.29 is 94.0 Å². The lowest BCUT2D eigenvalue weighted by Gasteiger charge is -2.38. The molecule has 0 saturated carbocycles. The van der Waals surface area contributed by atoms with Crippen LogP contribution in [0.15, 0.2) is 95.7 Å². The second kappa shape index (κ2) is 43.8. The van der Waals surface area contributed by atoms with Crippen LogP contribution < -0.4 is 16.0 Å². The molecule has 2 aliphatic heterocycles. The summed E-state index contributed by atoms with van der Waals surface area (Å²) in [5.74, 6) is -9.77. The molecule has 22 nitrogen and oxygen atoms in total. The van der Waals surface area contributed by atoms with Crippen molar-refractivity contribution in [2.24, 2.45) is 70.0 Å². The van der Waals surface area contributed by atoms with Gasteiger partial charge in [-0.3, -0.25) is 19.2 Å². The van der Waals surface area contributed by atoms with E-state index in [2.05, 4.69) is 22.9 Å². The van der Waals surface area contributed by atoms with E-state index in [0.29, 0.717) is 55.2 Å². The molecular formula is C80H133N3O19. The number of esters is 1. The van der Waals surface area contributed by atoms with Crippen LogP contribution in [0.5, 0.6) is 0 Å². The minimum Gasteiger partial charge on any atom is -0.479 e. The zero-order valence-corrected chi connectivity index (χ0v) is 65.0. The Hall–Kier alpha value is -5.50. The topological polar surface area (TPSA) is 369 Å². The van der Waals surface area contributed by atoms with Gasteiger partial charge in [-0.2, -0.15) is 0 Å². The predicted octanol–water partition coefficient (Wildman–Crippen LogP) is 8.65. The van der Waals surface area contributed by atoms with Crippen molar-refractivity contribution in [2.45, 2.75) is 294 Å². The predicted molar refractivity (Wildman–Crippen MR) is 397 cm³/mol. The second-order valence-electron chi connectivity index (χ2n) is 31.7. The Morgan fingerprint density at radius 3 is 1.93 bits per heavy atom. The molecule has 0 aromatic heterocycles. The third-order valence-electron chi connectivity index (χ3n) is 20.8. The summed E-state index contributed by atoms with van der Waals surface area (Å²) in [5.41, 5.74) is -0.605. The number of hydrogen-bond acceptors (Lipinski definition) is 18. The highest BCUT2D eigenvalue weighted by atomic mass is 16.6. The maximum Gasteiger partial charge on any atom is 0.335 e. The third kappa shape index (κ3) is 29.8. The number of fused-ring (bicyclic) bond motifs is 2. The minimum absolute atomic E-state index is 0.0706. The van der Waals surface area contributed by atoms with Crippen molar-refractivity contribution in [1.29, 1.82) is 0 Å². The van der Waals surface area contributed by atoms with Crippen LogP contribution in [-0.4, -0.2) is 191 Å². The molecular weight excluding hydrogens is 1310 g/mol. The molecule has 0 aromatic carbocycles. The molecule has 21 unspecified atom stereocenters. The monoisotopic (exact) mass is 1440 g/mol. The molecule has 1 saturated heterocycles. The molecule has 2 aliphatic rings. The van der Waals surface area contributed by atoms with E-state index in [9.17, 15) is 79.8 Å². The van der Waals surface area contributed by atoms with Crippen molar-refractivity contribution in [1.82, 2.24) is 16.0 Å². The number of rotatable bonds is 27. The van der Waals surface area contributed by atoms with Crippen molar-refractivity contribution in [3.8, 4) is 0 Å². The maximum absolute atomic E-state index is 14.2. The number of carboxylic acids is 1. The fourth-order valence-corrected chi connectivity index (χ4v) is 13.6. The van der Waals surface area contributed by atoms with Gasteiger partial charge in [0.15, 0.2) is 12.1 Å². The first-order valence-corrected chi connectivity index (χ1v) is 36.9. The zero-order chi connectivity index (χ0) is 78.0. The van der Waals surface area contributed by atoms with Gasteiger partial charge in [-0.05, 0) is 145 Å². The highest BCUT2D eigenvalue weighted by molar-refractivity contribution is 5.94. The SMILES string of the molecule is COC1/C=C/C=C/CC/C=C/C=C/C(=O)NC(C(O)C(=O)O)C(=O)OC(C(C)C(O)C(NC(=O)C(C)C(C)CCC(C)C(O)/C(C)=C/C(C)(C)C(O)C(CC(C)C)NC(=O)/C=C/C(C)(C)C(=O)C(C)C(O)C(C)C)C(C)O)C/C=C(\C)C(O)C(C)/C=C(\C)C(O)C(C)C(O)C[C@@H]2C[C@H](C)C[C@@H]1O2. The summed E-state index contributed by atoms with van der Waals surface area (Å²) in [7, 11) is 1.61. The number of Topliss-reactive ketones (excluding diaryl/α,β-unsaturated/α-hetero) is 1. The molecule has 0 aliphatic carbocycles. The molecule has 24 atom stereocenters. The number of ether oxygens (including phenoxy) is 3. The fourth-order valence-electron chi connectivity index (χ4n) is 13.6. The third-order valence-corrected chi connectivity index (χ3v) is 20.8. The number of aliphatic hydroxyl groups is 9. The van der Waals surface area contributed by atoms with Gasteiger partial charge in [0.25, 0.3) is 0 Å². The summed E-state index contributed by atoms with van der Waals surface area (Å²) >= 11 is 0. The second-order valence-corrected chi connectivity index (χ2v) is 31.7. The Bertz CT molecular complexity index is 2890. The lowest BCUT2D eigenvalue weighted by molar-refractivity contribution is -0.167. The van der Waals surface area contributed by atoms with E-state index in [1.165, 1.54) is 38.2 Å². The number of carbonyl (C=O) groups excluding carboxylic acids is 5. The molecule has 22 heteroatoms. The van der Waals surface area contributed by atoms with Gasteiger partial charge in [0.05, 0.1) is 73.1 Å². The number of aliphatic carboxylic acids is 1. The largest absolute Gasteiger partial charge is 0.479 e. The fraction of sp³-hybridized carbons (Fsp3) is 0.725. The average Bonchev–Trinajstić information content (AvgIpc) is 0.843. The van der Waals surface area contributed by atoms with E-state index in [4.69, 9.17) is 14.2 Å². The van der Waals surface area contributed by atoms with Gasteiger partial charge in [-0.1, -0.05) is 164 Å². The number of carboxylic acid groups (broad SMARTS) is 1. The zero-order valence-electron chi connectivity index (χ0n) is 65.0. The smallest absolute Gasteiger partial charge is 0.335 e.